The van der Waals surface area contributed by atoms with Crippen molar-refractivity contribution in [3.63, 3.8) is 0 Å². The molecule has 3 aromatic heterocycles. The van der Waals surface area contributed by atoms with Gasteiger partial charge < -0.3 is 5.32 Å². The summed E-state index contributed by atoms with van der Waals surface area (Å²) in [7, 11) is 0. The van der Waals surface area contributed by atoms with E-state index in [9.17, 15) is 0 Å². The first-order valence-electron chi connectivity index (χ1n) is 9.04. The first kappa shape index (κ1) is 16.6. The molecule has 1 N–H and O–H groups in total. The molecule has 1 aliphatic rings. The normalized spacial score (nSPS) is 17.6. The molecule has 3 aromatic rings. The Morgan fingerprint density at radius 2 is 2.27 bits per heavy atom. The Balaban J connectivity index is 1.73. The second kappa shape index (κ2) is 7.15. The lowest BCUT2D eigenvalue weighted by molar-refractivity contribution is 0.439. The van der Waals surface area contributed by atoms with Gasteiger partial charge in [0.25, 0.3) is 0 Å². The van der Waals surface area contributed by atoms with Crippen LogP contribution in [0.3, 0.4) is 0 Å². The van der Waals surface area contributed by atoms with Crippen molar-refractivity contribution in [1.29, 1.82) is 0 Å². The van der Waals surface area contributed by atoms with Crippen LogP contribution in [0.5, 0.6) is 0 Å². The number of pyridine rings is 2. The molecule has 0 bridgehead atoms. The van der Waals surface area contributed by atoms with Gasteiger partial charge in [0.05, 0.1) is 23.3 Å². The zero-order chi connectivity index (χ0) is 17.9. The van der Waals surface area contributed by atoms with E-state index in [2.05, 4.69) is 52.0 Å². The fraction of sp³-hybridized carbons (Fsp3) is 0.273. The van der Waals surface area contributed by atoms with Gasteiger partial charge in [0.15, 0.2) is 0 Å². The third-order valence-electron chi connectivity index (χ3n) is 4.80. The van der Waals surface area contributed by atoms with E-state index in [-0.39, 0.29) is 0 Å². The fourth-order valence-corrected chi connectivity index (χ4v) is 3.41. The van der Waals surface area contributed by atoms with Crippen molar-refractivity contribution in [1.82, 2.24) is 19.7 Å². The number of hydrogen-bond donors (Lipinski definition) is 1. The fourth-order valence-electron chi connectivity index (χ4n) is 3.41. The lowest BCUT2D eigenvalue weighted by Crippen LogP contribution is -2.28. The van der Waals surface area contributed by atoms with Crippen LogP contribution in [-0.4, -0.2) is 27.5 Å². The van der Waals surface area contributed by atoms with E-state index in [1.54, 1.807) is 0 Å². The van der Waals surface area contributed by atoms with E-state index >= 15 is 0 Å². The van der Waals surface area contributed by atoms with Crippen molar-refractivity contribution in [2.24, 2.45) is 5.92 Å². The minimum absolute atomic E-state index is 0.557. The summed E-state index contributed by atoms with van der Waals surface area (Å²) in [6.07, 6.45) is 16.4. The SMILES string of the molecule is C#Cc1cc(/C=C/C2CCCNC2)nc(-c2cnc3ccc(C)cn23)c1. The summed E-state index contributed by atoms with van der Waals surface area (Å²) in [6, 6.07) is 7.99. The number of terminal acetylenes is 1. The predicted molar refractivity (Wildman–Crippen MR) is 106 cm³/mol. The van der Waals surface area contributed by atoms with E-state index in [0.717, 1.165) is 41.4 Å². The van der Waals surface area contributed by atoms with Gasteiger partial charge in [-0.15, -0.1) is 6.42 Å². The molecule has 4 heterocycles. The molecule has 1 saturated heterocycles. The molecule has 1 aliphatic heterocycles. The number of imidazole rings is 1. The van der Waals surface area contributed by atoms with Crippen molar-refractivity contribution in [3.8, 4) is 23.7 Å². The highest BCUT2D eigenvalue weighted by molar-refractivity contribution is 5.64. The van der Waals surface area contributed by atoms with Crippen molar-refractivity contribution in [2.75, 3.05) is 13.1 Å². The van der Waals surface area contributed by atoms with Crippen LogP contribution in [-0.2, 0) is 0 Å². The maximum atomic E-state index is 5.68. The number of aromatic nitrogens is 3. The molecule has 1 unspecified atom stereocenters. The van der Waals surface area contributed by atoms with E-state index in [4.69, 9.17) is 11.4 Å². The maximum absolute atomic E-state index is 5.68. The van der Waals surface area contributed by atoms with Gasteiger partial charge >= 0.3 is 0 Å². The molecule has 1 fully saturated rings. The van der Waals surface area contributed by atoms with Crippen LogP contribution in [0, 0.1) is 25.2 Å². The predicted octanol–water partition coefficient (Wildman–Crippen LogP) is 3.70. The minimum atomic E-state index is 0.557. The third kappa shape index (κ3) is 3.40. The summed E-state index contributed by atoms with van der Waals surface area (Å²) in [5.74, 6) is 3.31. The number of rotatable bonds is 3. The first-order valence-corrected chi connectivity index (χ1v) is 9.04. The Labute approximate surface area is 154 Å². The second-order valence-corrected chi connectivity index (χ2v) is 6.85. The second-order valence-electron chi connectivity index (χ2n) is 6.85. The van der Waals surface area contributed by atoms with Gasteiger partial charge in [0.1, 0.15) is 5.65 Å². The summed E-state index contributed by atoms with van der Waals surface area (Å²) < 4.78 is 2.07. The van der Waals surface area contributed by atoms with Crippen LogP contribution >= 0.6 is 0 Å². The Morgan fingerprint density at radius 3 is 3.08 bits per heavy atom. The molecule has 1 atom stereocenters. The quantitative estimate of drug-likeness (QED) is 0.738. The van der Waals surface area contributed by atoms with Crippen LogP contribution in [0.2, 0.25) is 0 Å². The maximum Gasteiger partial charge on any atom is 0.137 e. The Morgan fingerprint density at radius 1 is 1.35 bits per heavy atom. The number of hydrogen-bond acceptors (Lipinski definition) is 3. The molecule has 0 aromatic carbocycles. The first-order chi connectivity index (χ1) is 12.7. The van der Waals surface area contributed by atoms with Crippen LogP contribution in [0.4, 0.5) is 0 Å². The van der Waals surface area contributed by atoms with Crippen LogP contribution in [0.25, 0.3) is 23.1 Å². The molecule has 4 heteroatoms. The molecule has 0 radical (unpaired) electrons. The van der Waals surface area contributed by atoms with Crippen molar-refractivity contribution < 1.29 is 0 Å². The average molecular weight is 342 g/mol. The van der Waals surface area contributed by atoms with E-state index in [1.165, 1.54) is 18.4 Å². The standard InChI is InChI=1S/C22H22N4/c1-3-17-11-19(8-7-18-5-4-10-23-13-18)25-20(12-17)21-14-24-22-9-6-16(2)15-26(21)22/h1,6-9,11-12,14-15,18,23H,4-5,10,13H2,2H3/b8-7+. The smallest absolute Gasteiger partial charge is 0.137 e. The van der Waals surface area contributed by atoms with Crippen LogP contribution in [0.1, 0.15) is 29.7 Å². The van der Waals surface area contributed by atoms with Gasteiger partial charge in [-0.2, -0.15) is 0 Å². The molecular formula is C22H22N4. The topological polar surface area (TPSA) is 42.2 Å². The minimum Gasteiger partial charge on any atom is -0.316 e. The summed E-state index contributed by atoms with van der Waals surface area (Å²) >= 11 is 0. The molecule has 0 saturated carbocycles. The highest BCUT2D eigenvalue weighted by Crippen LogP contribution is 2.22. The zero-order valence-electron chi connectivity index (χ0n) is 14.9. The molecule has 4 nitrogen and oxygen atoms in total. The summed E-state index contributed by atoms with van der Waals surface area (Å²) in [4.78, 5) is 9.31. The van der Waals surface area contributed by atoms with Gasteiger partial charge in [-0.1, -0.05) is 18.1 Å². The van der Waals surface area contributed by atoms with Crippen LogP contribution < -0.4 is 5.32 Å². The summed E-state index contributed by atoms with van der Waals surface area (Å²) in [5.41, 5.74) is 5.61. The molecule has 0 amide bonds. The number of aryl methyl sites for hydroxylation is 1. The molecule has 26 heavy (non-hydrogen) atoms. The van der Waals surface area contributed by atoms with E-state index in [0.29, 0.717) is 5.92 Å². The molecule has 0 spiro atoms. The highest BCUT2D eigenvalue weighted by atomic mass is 15.0. The Kier molecular flexibility index (Phi) is 4.55. The largest absolute Gasteiger partial charge is 0.316 e. The number of piperidine rings is 1. The Bertz CT molecular complexity index is 1000. The van der Waals surface area contributed by atoms with Crippen LogP contribution in [0.15, 0.2) is 42.7 Å². The molecule has 0 aliphatic carbocycles. The van der Waals surface area contributed by atoms with Gasteiger partial charge in [-0.25, -0.2) is 9.97 Å². The van der Waals surface area contributed by atoms with Gasteiger partial charge in [-0.05, 0) is 62.1 Å². The number of nitrogens with one attached hydrogen (secondary N) is 1. The lowest BCUT2D eigenvalue weighted by Gasteiger charge is -2.19. The summed E-state index contributed by atoms with van der Waals surface area (Å²) in [5, 5.41) is 3.44. The lowest BCUT2D eigenvalue weighted by atomic mass is 9.99. The van der Waals surface area contributed by atoms with Gasteiger partial charge in [-0.3, -0.25) is 4.40 Å². The molecule has 130 valence electrons. The zero-order valence-corrected chi connectivity index (χ0v) is 14.9. The molecule has 4 rings (SSSR count). The van der Waals surface area contributed by atoms with Crippen molar-refractivity contribution in [3.05, 3.63) is 59.6 Å². The van der Waals surface area contributed by atoms with Gasteiger partial charge in [0.2, 0.25) is 0 Å². The van der Waals surface area contributed by atoms with Crippen molar-refractivity contribution >= 4 is 11.7 Å². The monoisotopic (exact) mass is 342 g/mol. The van der Waals surface area contributed by atoms with Crippen molar-refractivity contribution in [2.45, 2.75) is 19.8 Å². The average Bonchev–Trinajstić information content (AvgIpc) is 3.10. The summed E-state index contributed by atoms with van der Waals surface area (Å²) in [6.45, 7) is 4.22. The third-order valence-corrected chi connectivity index (χ3v) is 4.80. The number of fused-ring (bicyclic) bond motifs is 1. The van der Waals surface area contributed by atoms with Gasteiger partial charge in [0, 0.05) is 18.3 Å². The van der Waals surface area contributed by atoms with E-state index < -0.39 is 0 Å². The Hall–Kier alpha value is -2.90. The van der Waals surface area contributed by atoms with E-state index in [1.807, 2.05) is 24.4 Å². The molecular weight excluding hydrogens is 320 g/mol. The number of nitrogens with zero attached hydrogens (tertiary/aromatic N) is 3. The highest BCUT2D eigenvalue weighted by Gasteiger charge is 2.11.